The summed E-state index contributed by atoms with van der Waals surface area (Å²) in [6, 6.07) is 12.8. The van der Waals surface area contributed by atoms with Crippen LogP contribution in [0.15, 0.2) is 30.3 Å². The summed E-state index contributed by atoms with van der Waals surface area (Å²) in [4.78, 5) is 0. The Morgan fingerprint density at radius 2 is 1.76 bits per heavy atom. The monoisotopic (exact) mass is 284 g/mol. The van der Waals surface area contributed by atoms with E-state index in [4.69, 9.17) is 0 Å². The van der Waals surface area contributed by atoms with Crippen LogP contribution < -0.4 is 5.32 Å². The predicted molar refractivity (Wildman–Crippen MR) is 87.6 cm³/mol. The van der Waals surface area contributed by atoms with E-state index in [-0.39, 0.29) is 6.04 Å². The third-order valence-electron chi connectivity index (χ3n) is 4.98. The molecule has 114 valence electrons. The summed E-state index contributed by atoms with van der Waals surface area (Å²) < 4.78 is 0. The first kappa shape index (κ1) is 16.0. The summed E-state index contributed by atoms with van der Waals surface area (Å²) in [6.45, 7) is 7.81. The highest BCUT2D eigenvalue weighted by atomic mass is 14.9. The van der Waals surface area contributed by atoms with Crippen molar-refractivity contribution in [1.82, 2.24) is 5.32 Å². The van der Waals surface area contributed by atoms with Gasteiger partial charge in [-0.05, 0) is 48.5 Å². The molecule has 0 heterocycles. The van der Waals surface area contributed by atoms with E-state index in [0.717, 1.165) is 12.5 Å². The lowest BCUT2D eigenvalue weighted by Crippen LogP contribution is -2.38. The van der Waals surface area contributed by atoms with Gasteiger partial charge in [-0.1, -0.05) is 51.1 Å². The van der Waals surface area contributed by atoms with Crippen LogP contribution in [-0.4, -0.2) is 6.04 Å². The summed E-state index contributed by atoms with van der Waals surface area (Å²) in [5.41, 5.74) is 1.66. The number of nitrogens with zero attached hydrogens (tertiary/aromatic N) is 1. The van der Waals surface area contributed by atoms with Gasteiger partial charge in [0.25, 0.3) is 0 Å². The lowest BCUT2D eigenvalue weighted by Gasteiger charge is -2.38. The van der Waals surface area contributed by atoms with Crippen LogP contribution in [0.4, 0.5) is 0 Å². The molecule has 1 aromatic rings. The maximum Gasteiger partial charge on any atom is 0.0984 e. The standard InChI is InChI=1S/C19H28N2/c1-19(2,3)17-11-9-16(10-12-17)18(13-20)21-14-15-7-5-4-6-8-15/h4-8,16-18,21H,9-12,14H2,1-3H3. The van der Waals surface area contributed by atoms with Gasteiger partial charge in [-0.2, -0.15) is 5.26 Å². The zero-order valence-corrected chi connectivity index (χ0v) is 13.6. The first-order chi connectivity index (χ1) is 10.0. The molecule has 1 saturated carbocycles. The fourth-order valence-electron chi connectivity index (χ4n) is 3.46. The summed E-state index contributed by atoms with van der Waals surface area (Å²) in [5, 5.41) is 12.9. The van der Waals surface area contributed by atoms with Crippen LogP contribution in [0.1, 0.15) is 52.0 Å². The quantitative estimate of drug-likeness (QED) is 0.882. The van der Waals surface area contributed by atoms with Gasteiger partial charge >= 0.3 is 0 Å². The molecular weight excluding hydrogens is 256 g/mol. The van der Waals surface area contributed by atoms with Crippen LogP contribution in [0.5, 0.6) is 0 Å². The highest BCUT2D eigenvalue weighted by molar-refractivity contribution is 5.15. The Kier molecular flexibility index (Phi) is 5.42. The zero-order valence-electron chi connectivity index (χ0n) is 13.6. The Hall–Kier alpha value is -1.33. The van der Waals surface area contributed by atoms with E-state index >= 15 is 0 Å². The summed E-state index contributed by atoms with van der Waals surface area (Å²) in [7, 11) is 0. The number of nitrogens with one attached hydrogen (secondary N) is 1. The molecule has 1 N–H and O–H groups in total. The minimum Gasteiger partial charge on any atom is -0.298 e. The zero-order chi connectivity index (χ0) is 15.3. The molecule has 1 aliphatic rings. The Bertz CT molecular complexity index is 459. The van der Waals surface area contributed by atoms with E-state index in [1.807, 2.05) is 18.2 Å². The molecule has 1 aromatic carbocycles. The minimum absolute atomic E-state index is 0.00822. The molecular formula is C19H28N2. The molecule has 0 aliphatic heterocycles. The van der Waals surface area contributed by atoms with Crippen molar-refractivity contribution >= 4 is 0 Å². The van der Waals surface area contributed by atoms with Crippen molar-refractivity contribution in [2.45, 2.75) is 59.0 Å². The fourth-order valence-corrected chi connectivity index (χ4v) is 3.46. The molecule has 0 radical (unpaired) electrons. The van der Waals surface area contributed by atoms with Gasteiger partial charge in [-0.15, -0.1) is 0 Å². The highest BCUT2D eigenvalue weighted by Gasteiger charge is 2.32. The predicted octanol–water partition coefficient (Wildman–Crippen LogP) is 4.52. The van der Waals surface area contributed by atoms with Crippen LogP contribution in [0.2, 0.25) is 0 Å². The molecule has 0 spiro atoms. The van der Waals surface area contributed by atoms with Crippen LogP contribution in [0.25, 0.3) is 0 Å². The van der Waals surface area contributed by atoms with Gasteiger partial charge in [-0.3, -0.25) is 5.32 Å². The summed E-state index contributed by atoms with van der Waals surface area (Å²) >= 11 is 0. The van der Waals surface area contributed by atoms with Crippen molar-refractivity contribution in [3.05, 3.63) is 35.9 Å². The van der Waals surface area contributed by atoms with Crippen LogP contribution in [-0.2, 0) is 6.54 Å². The summed E-state index contributed by atoms with van der Waals surface area (Å²) in [6.07, 6.45) is 4.89. The van der Waals surface area contributed by atoms with Gasteiger partial charge in [0, 0.05) is 6.54 Å². The second-order valence-electron chi connectivity index (χ2n) is 7.45. The molecule has 1 aliphatic carbocycles. The Balaban J connectivity index is 1.84. The van der Waals surface area contributed by atoms with Crippen LogP contribution >= 0.6 is 0 Å². The molecule has 2 nitrogen and oxygen atoms in total. The van der Waals surface area contributed by atoms with Gasteiger partial charge in [0.1, 0.15) is 0 Å². The minimum atomic E-state index is -0.00822. The molecule has 0 saturated heterocycles. The van der Waals surface area contributed by atoms with Crippen molar-refractivity contribution in [3.8, 4) is 6.07 Å². The largest absolute Gasteiger partial charge is 0.298 e. The first-order valence-corrected chi connectivity index (χ1v) is 8.17. The van der Waals surface area contributed by atoms with Crippen molar-refractivity contribution in [2.75, 3.05) is 0 Å². The number of rotatable bonds is 4. The smallest absolute Gasteiger partial charge is 0.0984 e. The molecule has 1 fully saturated rings. The van der Waals surface area contributed by atoms with Gasteiger partial charge in [0.05, 0.1) is 12.1 Å². The van der Waals surface area contributed by atoms with Gasteiger partial charge in [-0.25, -0.2) is 0 Å². The maximum atomic E-state index is 9.47. The van der Waals surface area contributed by atoms with E-state index in [0.29, 0.717) is 11.3 Å². The Morgan fingerprint density at radius 1 is 1.14 bits per heavy atom. The van der Waals surface area contributed by atoms with Crippen molar-refractivity contribution in [2.24, 2.45) is 17.3 Å². The maximum absolute atomic E-state index is 9.47. The average molecular weight is 284 g/mol. The second-order valence-corrected chi connectivity index (χ2v) is 7.45. The van der Waals surface area contributed by atoms with E-state index in [9.17, 15) is 5.26 Å². The number of benzene rings is 1. The van der Waals surface area contributed by atoms with Gasteiger partial charge < -0.3 is 0 Å². The Labute approximate surface area is 129 Å². The number of nitriles is 1. The third-order valence-corrected chi connectivity index (χ3v) is 4.98. The van der Waals surface area contributed by atoms with E-state index in [2.05, 4.69) is 44.3 Å². The normalized spacial score (nSPS) is 24.3. The third kappa shape index (κ3) is 4.58. The Morgan fingerprint density at radius 3 is 2.29 bits per heavy atom. The molecule has 1 atom stereocenters. The van der Waals surface area contributed by atoms with Crippen molar-refractivity contribution in [3.63, 3.8) is 0 Å². The molecule has 0 amide bonds. The molecule has 0 aromatic heterocycles. The number of hydrogen-bond donors (Lipinski definition) is 1. The van der Waals surface area contributed by atoms with Gasteiger partial charge in [0.15, 0.2) is 0 Å². The summed E-state index contributed by atoms with van der Waals surface area (Å²) in [5.74, 6) is 1.32. The lowest BCUT2D eigenvalue weighted by molar-refractivity contribution is 0.140. The number of hydrogen-bond acceptors (Lipinski definition) is 2. The molecule has 1 unspecified atom stereocenters. The van der Waals surface area contributed by atoms with E-state index < -0.39 is 0 Å². The van der Waals surface area contributed by atoms with E-state index in [1.165, 1.54) is 31.2 Å². The molecule has 2 rings (SSSR count). The van der Waals surface area contributed by atoms with Gasteiger partial charge in [0.2, 0.25) is 0 Å². The van der Waals surface area contributed by atoms with Crippen molar-refractivity contribution in [1.29, 1.82) is 5.26 Å². The fraction of sp³-hybridized carbons (Fsp3) is 0.632. The molecule has 0 bridgehead atoms. The highest BCUT2D eigenvalue weighted by Crippen LogP contribution is 2.40. The van der Waals surface area contributed by atoms with Crippen LogP contribution in [0.3, 0.4) is 0 Å². The SMILES string of the molecule is CC(C)(C)C1CCC(C(C#N)NCc2ccccc2)CC1. The molecule has 21 heavy (non-hydrogen) atoms. The molecule has 2 heteroatoms. The second kappa shape index (κ2) is 7.09. The van der Waals surface area contributed by atoms with Crippen molar-refractivity contribution < 1.29 is 0 Å². The lowest BCUT2D eigenvalue weighted by atomic mass is 9.68. The topological polar surface area (TPSA) is 35.8 Å². The van der Waals surface area contributed by atoms with Crippen LogP contribution in [0, 0.1) is 28.6 Å². The first-order valence-electron chi connectivity index (χ1n) is 8.17. The average Bonchev–Trinajstić information content (AvgIpc) is 2.48. The van der Waals surface area contributed by atoms with E-state index in [1.54, 1.807) is 0 Å².